The summed E-state index contributed by atoms with van der Waals surface area (Å²) >= 11 is 9.08. The van der Waals surface area contributed by atoms with Crippen molar-refractivity contribution < 1.29 is 0 Å². The predicted octanol–water partition coefficient (Wildman–Crippen LogP) is 3.12. The van der Waals surface area contributed by atoms with Crippen LogP contribution < -0.4 is 5.73 Å². The van der Waals surface area contributed by atoms with Crippen LogP contribution in [0.2, 0.25) is 5.15 Å². The molecule has 13 heavy (non-hydrogen) atoms. The van der Waals surface area contributed by atoms with Crippen molar-refractivity contribution in [3.8, 4) is 0 Å². The lowest BCUT2D eigenvalue weighted by Crippen LogP contribution is -1.90. The van der Waals surface area contributed by atoms with E-state index in [-0.39, 0.29) is 0 Å². The fraction of sp³-hybridized carbons (Fsp3) is 0.222. The molecule has 0 bridgehead atoms. The third kappa shape index (κ3) is 3.36. The standard InChI is InChI=1S/C9H10BrClN2/c10-6-2-1-3-7-4-5-8(12)9(11)13-7/h1,3-5H,2,6,12H2. The Bertz CT molecular complexity index is 312. The molecule has 1 rings (SSSR count). The number of allylic oxidation sites excluding steroid dienone is 1. The van der Waals surface area contributed by atoms with Crippen LogP contribution in [-0.2, 0) is 0 Å². The molecule has 0 aliphatic carbocycles. The molecule has 2 N–H and O–H groups in total. The second kappa shape index (κ2) is 5.25. The van der Waals surface area contributed by atoms with Crippen LogP contribution >= 0.6 is 27.5 Å². The Hall–Kier alpha value is -0.540. The lowest BCUT2D eigenvalue weighted by molar-refractivity contribution is 1.25. The molecular formula is C9H10BrClN2. The highest BCUT2D eigenvalue weighted by Gasteiger charge is 1.96. The number of alkyl halides is 1. The van der Waals surface area contributed by atoms with Crippen LogP contribution in [-0.4, -0.2) is 10.3 Å². The van der Waals surface area contributed by atoms with Crippen molar-refractivity contribution in [1.29, 1.82) is 0 Å². The molecule has 0 aliphatic heterocycles. The number of hydrogen-bond acceptors (Lipinski definition) is 2. The summed E-state index contributed by atoms with van der Waals surface area (Å²) in [6.07, 6.45) is 4.93. The topological polar surface area (TPSA) is 38.9 Å². The zero-order chi connectivity index (χ0) is 9.68. The minimum absolute atomic E-state index is 0.362. The molecule has 4 heteroatoms. The minimum Gasteiger partial charge on any atom is -0.396 e. The summed E-state index contributed by atoms with van der Waals surface area (Å²) in [5.41, 5.74) is 6.86. The van der Waals surface area contributed by atoms with E-state index in [0.29, 0.717) is 10.8 Å². The van der Waals surface area contributed by atoms with Crippen LogP contribution in [0, 0.1) is 0 Å². The number of nitrogens with zero attached hydrogens (tertiary/aromatic N) is 1. The Morgan fingerprint density at radius 3 is 2.92 bits per heavy atom. The highest BCUT2D eigenvalue weighted by atomic mass is 79.9. The van der Waals surface area contributed by atoms with Crippen molar-refractivity contribution >= 4 is 39.3 Å². The number of nitrogen functional groups attached to an aromatic ring is 1. The molecule has 0 aromatic carbocycles. The first-order valence-electron chi connectivity index (χ1n) is 3.88. The molecule has 0 saturated carbocycles. The van der Waals surface area contributed by atoms with Gasteiger partial charge in [0.1, 0.15) is 0 Å². The maximum absolute atomic E-state index is 5.75. The molecule has 1 heterocycles. The first-order valence-corrected chi connectivity index (χ1v) is 5.38. The Labute approximate surface area is 90.9 Å². The predicted molar refractivity (Wildman–Crippen MR) is 61.1 cm³/mol. The van der Waals surface area contributed by atoms with Gasteiger partial charge in [-0.2, -0.15) is 0 Å². The zero-order valence-electron chi connectivity index (χ0n) is 7.00. The summed E-state index contributed by atoms with van der Waals surface area (Å²) in [5, 5.41) is 1.31. The van der Waals surface area contributed by atoms with E-state index in [2.05, 4.69) is 20.9 Å². The Morgan fingerprint density at radius 2 is 2.31 bits per heavy atom. The largest absolute Gasteiger partial charge is 0.396 e. The average Bonchev–Trinajstić information content (AvgIpc) is 2.12. The SMILES string of the molecule is Nc1ccc(C=CCCBr)nc1Cl. The number of aromatic nitrogens is 1. The normalized spacial score (nSPS) is 10.9. The lowest BCUT2D eigenvalue weighted by atomic mass is 10.3. The molecule has 0 aliphatic rings. The van der Waals surface area contributed by atoms with Gasteiger partial charge in [-0.1, -0.05) is 33.6 Å². The Balaban J connectivity index is 2.73. The van der Waals surface area contributed by atoms with Crippen LogP contribution in [0.25, 0.3) is 6.08 Å². The van der Waals surface area contributed by atoms with Crippen molar-refractivity contribution in [2.75, 3.05) is 11.1 Å². The summed E-state index contributed by atoms with van der Waals surface area (Å²) in [6.45, 7) is 0. The summed E-state index contributed by atoms with van der Waals surface area (Å²) in [5.74, 6) is 0. The molecule has 1 aromatic heterocycles. The highest BCUT2D eigenvalue weighted by Crippen LogP contribution is 2.16. The van der Waals surface area contributed by atoms with E-state index >= 15 is 0 Å². The van der Waals surface area contributed by atoms with Gasteiger partial charge in [-0.3, -0.25) is 0 Å². The van der Waals surface area contributed by atoms with Crippen molar-refractivity contribution in [2.45, 2.75) is 6.42 Å². The van der Waals surface area contributed by atoms with Crippen LogP contribution in [0.15, 0.2) is 18.2 Å². The molecule has 70 valence electrons. The van der Waals surface area contributed by atoms with Crippen LogP contribution in [0.4, 0.5) is 5.69 Å². The number of anilines is 1. The molecule has 1 aromatic rings. The van der Waals surface area contributed by atoms with Gasteiger partial charge in [0, 0.05) is 5.33 Å². The smallest absolute Gasteiger partial charge is 0.152 e. The first-order chi connectivity index (χ1) is 6.24. The summed E-state index contributed by atoms with van der Waals surface area (Å²) in [7, 11) is 0. The van der Waals surface area contributed by atoms with Crippen LogP contribution in [0.5, 0.6) is 0 Å². The van der Waals surface area contributed by atoms with E-state index in [9.17, 15) is 0 Å². The van der Waals surface area contributed by atoms with E-state index in [1.165, 1.54) is 0 Å². The number of hydrogen-bond donors (Lipinski definition) is 1. The van der Waals surface area contributed by atoms with Gasteiger partial charge >= 0.3 is 0 Å². The molecule has 0 unspecified atom stereocenters. The van der Waals surface area contributed by atoms with Gasteiger partial charge in [0.25, 0.3) is 0 Å². The van der Waals surface area contributed by atoms with Crippen molar-refractivity contribution in [3.63, 3.8) is 0 Å². The van der Waals surface area contributed by atoms with Gasteiger partial charge in [0.15, 0.2) is 5.15 Å². The molecule has 0 amide bonds. The molecule has 0 spiro atoms. The molecule has 0 radical (unpaired) electrons. The van der Waals surface area contributed by atoms with Crippen molar-refractivity contribution in [3.05, 3.63) is 29.1 Å². The van der Waals surface area contributed by atoms with Gasteiger partial charge in [0.2, 0.25) is 0 Å². The lowest BCUT2D eigenvalue weighted by Gasteiger charge is -1.97. The number of halogens is 2. The fourth-order valence-electron chi connectivity index (χ4n) is 0.819. The minimum atomic E-state index is 0.362. The summed E-state index contributed by atoms with van der Waals surface area (Å²) in [4.78, 5) is 4.08. The summed E-state index contributed by atoms with van der Waals surface area (Å²) < 4.78 is 0. The first kappa shape index (κ1) is 10.5. The van der Waals surface area contributed by atoms with E-state index in [4.69, 9.17) is 17.3 Å². The van der Waals surface area contributed by atoms with E-state index in [1.54, 1.807) is 6.07 Å². The van der Waals surface area contributed by atoms with E-state index in [0.717, 1.165) is 17.4 Å². The maximum atomic E-state index is 5.75. The van der Waals surface area contributed by atoms with Gasteiger partial charge in [0.05, 0.1) is 11.4 Å². The molecule has 2 nitrogen and oxygen atoms in total. The monoisotopic (exact) mass is 260 g/mol. The van der Waals surface area contributed by atoms with Gasteiger partial charge in [-0.05, 0) is 24.6 Å². The van der Waals surface area contributed by atoms with Gasteiger partial charge < -0.3 is 5.73 Å². The number of rotatable bonds is 3. The molecule has 0 atom stereocenters. The number of nitrogens with two attached hydrogens (primary N) is 1. The fourth-order valence-corrected chi connectivity index (χ4v) is 1.24. The average molecular weight is 262 g/mol. The van der Waals surface area contributed by atoms with Gasteiger partial charge in [-0.15, -0.1) is 0 Å². The molecule has 0 fully saturated rings. The van der Waals surface area contributed by atoms with Crippen LogP contribution in [0.1, 0.15) is 12.1 Å². The summed E-state index contributed by atoms with van der Waals surface area (Å²) in [6, 6.07) is 3.59. The van der Waals surface area contributed by atoms with Crippen molar-refractivity contribution in [2.24, 2.45) is 0 Å². The maximum Gasteiger partial charge on any atom is 0.152 e. The second-order valence-corrected chi connectivity index (χ2v) is 3.65. The van der Waals surface area contributed by atoms with Gasteiger partial charge in [-0.25, -0.2) is 4.98 Å². The third-order valence-electron chi connectivity index (χ3n) is 1.46. The Kier molecular flexibility index (Phi) is 4.25. The molecule has 0 saturated heterocycles. The number of pyridine rings is 1. The van der Waals surface area contributed by atoms with E-state index in [1.807, 2.05) is 18.2 Å². The van der Waals surface area contributed by atoms with E-state index < -0.39 is 0 Å². The molecular weight excluding hydrogens is 251 g/mol. The Morgan fingerprint density at radius 1 is 1.54 bits per heavy atom. The second-order valence-electron chi connectivity index (χ2n) is 2.50. The van der Waals surface area contributed by atoms with Crippen LogP contribution in [0.3, 0.4) is 0 Å². The quantitative estimate of drug-likeness (QED) is 0.671. The van der Waals surface area contributed by atoms with Crippen molar-refractivity contribution in [1.82, 2.24) is 4.98 Å². The zero-order valence-corrected chi connectivity index (χ0v) is 9.35. The third-order valence-corrected chi connectivity index (χ3v) is 2.22. The highest BCUT2D eigenvalue weighted by molar-refractivity contribution is 9.09.